The molecule has 4 amide bonds. The first-order chi connectivity index (χ1) is 14.9. The number of nitrogens with one attached hydrogen (secondary N) is 3. The zero-order valence-electron chi connectivity index (χ0n) is 17.2. The number of aliphatic carboxylic acids is 1. The number of nitrogens with two attached hydrogens (primary N) is 4. The number of thiol groups is 2. The van der Waals surface area contributed by atoms with E-state index in [4.69, 9.17) is 28.0 Å². The van der Waals surface area contributed by atoms with E-state index in [0.29, 0.717) is 6.42 Å². The van der Waals surface area contributed by atoms with E-state index in [2.05, 4.69) is 46.2 Å². The minimum atomic E-state index is -1.42. The fourth-order valence-corrected chi connectivity index (χ4v) is 2.77. The van der Waals surface area contributed by atoms with Crippen molar-refractivity contribution in [2.75, 3.05) is 18.1 Å². The average molecular weight is 495 g/mol. The molecule has 0 saturated carbocycles. The van der Waals surface area contributed by atoms with E-state index in [1.165, 1.54) is 0 Å². The van der Waals surface area contributed by atoms with E-state index in [1.807, 2.05) is 0 Å². The summed E-state index contributed by atoms with van der Waals surface area (Å²) in [4.78, 5) is 63.3. The molecule has 0 aliphatic rings. The van der Waals surface area contributed by atoms with Crippen LogP contribution in [0.5, 0.6) is 0 Å². The fourth-order valence-electron chi connectivity index (χ4n) is 2.26. The van der Waals surface area contributed by atoms with Gasteiger partial charge in [-0.25, -0.2) is 4.79 Å². The van der Waals surface area contributed by atoms with Crippen molar-refractivity contribution >= 4 is 60.8 Å². The van der Waals surface area contributed by atoms with Gasteiger partial charge in [-0.1, -0.05) is 0 Å². The Hall–Kier alpha value is -2.72. The highest BCUT2D eigenvalue weighted by Gasteiger charge is 2.30. The van der Waals surface area contributed by atoms with Crippen LogP contribution in [-0.4, -0.2) is 82.9 Å². The molecule has 0 aromatic carbocycles. The molecule has 0 radical (unpaired) electrons. The van der Waals surface area contributed by atoms with Crippen LogP contribution >= 0.6 is 25.3 Å². The Kier molecular flexibility index (Phi) is 13.9. The van der Waals surface area contributed by atoms with Crippen LogP contribution in [0.4, 0.5) is 0 Å². The molecule has 0 spiro atoms. The summed E-state index contributed by atoms with van der Waals surface area (Å²) in [5.74, 6) is -5.16. The standard InChI is InChI=1S/C16H30N8O6S2/c17-7(2-1-3-21-16(19)20)12(26)22-8(4-11(18)25)13(27)23-9(5-31)14(28)24-10(6-32)15(29)30/h7-10,31-32H,1-6,17H2,(H2,18,25)(H,22,26)(H,23,27)(H,24,28)(H,29,30)(H4,19,20,21). The molecular formula is C16H30N8O6S2. The van der Waals surface area contributed by atoms with Crippen LogP contribution in [0.3, 0.4) is 0 Å². The van der Waals surface area contributed by atoms with Crippen LogP contribution in [0.2, 0.25) is 0 Å². The van der Waals surface area contributed by atoms with E-state index >= 15 is 0 Å². The topological polar surface area (TPSA) is 258 Å². The molecule has 14 nitrogen and oxygen atoms in total. The minimum Gasteiger partial charge on any atom is -0.480 e. The Balaban J connectivity index is 5.09. The minimum absolute atomic E-state index is 0.104. The van der Waals surface area contributed by atoms with E-state index < -0.39 is 60.2 Å². The summed E-state index contributed by atoms with van der Waals surface area (Å²) in [6, 6.07) is -4.99. The van der Waals surface area contributed by atoms with Gasteiger partial charge in [-0.3, -0.25) is 24.2 Å². The summed E-state index contributed by atoms with van der Waals surface area (Å²) < 4.78 is 0. The normalized spacial score (nSPS) is 14.2. The quantitative estimate of drug-likeness (QED) is 0.0455. The van der Waals surface area contributed by atoms with Gasteiger partial charge in [0.25, 0.3) is 0 Å². The van der Waals surface area contributed by atoms with Gasteiger partial charge in [-0.05, 0) is 12.8 Å². The Labute approximate surface area is 195 Å². The third-order valence-corrected chi connectivity index (χ3v) is 4.69. The maximum Gasteiger partial charge on any atom is 0.327 e. The average Bonchev–Trinajstić information content (AvgIpc) is 2.71. The number of guanidine groups is 1. The van der Waals surface area contributed by atoms with Gasteiger partial charge in [0, 0.05) is 18.1 Å². The van der Waals surface area contributed by atoms with Gasteiger partial charge in [0.05, 0.1) is 12.5 Å². The lowest BCUT2D eigenvalue weighted by atomic mass is 10.1. The first-order valence-corrected chi connectivity index (χ1v) is 10.6. The largest absolute Gasteiger partial charge is 0.480 e. The molecule has 0 aliphatic carbocycles. The highest BCUT2D eigenvalue weighted by molar-refractivity contribution is 7.80. The van der Waals surface area contributed by atoms with Crippen molar-refractivity contribution < 1.29 is 29.1 Å². The molecule has 182 valence electrons. The number of hydrogen-bond donors (Lipinski definition) is 10. The summed E-state index contributed by atoms with van der Waals surface area (Å²) in [5.41, 5.74) is 21.3. The molecule has 16 heteroatoms. The number of carboxylic acids is 1. The molecule has 4 atom stereocenters. The summed E-state index contributed by atoms with van der Waals surface area (Å²) in [7, 11) is 0. The predicted molar refractivity (Wildman–Crippen MR) is 123 cm³/mol. The lowest BCUT2D eigenvalue weighted by molar-refractivity contribution is -0.141. The zero-order valence-corrected chi connectivity index (χ0v) is 19.0. The Bertz CT molecular complexity index is 719. The third-order valence-electron chi connectivity index (χ3n) is 3.96. The van der Waals surface area contributed by atoms with E-state index in [-0.39, 0.29) is 30.4 Å². The molecule has 0 heterocycles. The number of nitrogens with zero attached hydrogens (tertiary/aromatic N) is 1. The SMILES string of the molecule is NC(=O)CC(NC(=O)C(N)CCCN=C(N)N)C(=O)NC(CS)C(=O)NC(CS)C(=O)O. The van der Waals surface area contributed by atoms with Crippen LogP contribution in [-0.2, 0) is 24.0 Å². The lowest BCUT2D eigenvalue weighted by Gasteiger charge is -2.23. The molecule has 4 unspecified atom stereocenters. The molecule has 0 bridgehead atoms. The number of carbonyl (C=O) groups is 5. The summed E-state index contributed by atoms with van der Waals surface area (Å²) in [6.45, 7) is 0.247. The van der Waals surface area contributed by atoms with Gasteiger partial charge >= 0.3 is 5.97 Å². The van der Waals surface area contributed by atoms with Gasteiger partial charge < -0.3 is 44.0 Å². The second kappa shape index (κ2) is 15.1. The smallest absolute Gasteiger partial charge is 0.327 e. The number of primary amides is 1. The van der Waals surface area contributed by atoms with E-state index in [9.17, 15) is 24.0 Å². The van der Waals surface area contributed by atoms with Crippen molar-refractivity contribution in [1.82, 2.24) is 16.0 Å². The van der Waals surface area contributed by atoms with Crippen molar-refractivity contribution in [2.45, 2.75) is 43.4 Å². The predicted octanol–water partition coefficient (Wildman–Crippen LogP) is -4.36. The van der Waals surface area contributed by atoms with Crippen LogP contribution < -0.4 is 38.9 Å². The third kappa shape index (κ3) is 11.6. The number of carbonyl (C=O) groups excluding carboxylic acids is 4. The van der Waals surface area contributed by atoms with Crippen LogP contribution in [0, 0.1) is 0 Å². The maximum atomic E-state index is 12.6. The number of aliphatic imine (C=N–C) groups is 1. The number of amides is 4. The second-order valence-corrected chi connectivity index (χ2v) is 7.34. The maximum absolute atomic E-state index is 12.6. The zero-order chi connectivity index (χ0) is 24.8. The number of rotatable bonds is 15. The molecule has 0 aromatic rings. The molecule has 0 aliphatic heterocycles. The van der Waals surface area contributed by atoms with Crippen LogP contribution in [0.15, 0.2) is 4.99 Å². The van der Waals surface area contributed by atoms with E-state index in [1.54, 1.807) is 0 Å². The summed E-state index contributed by atoms with van der Waals surface area (Å²) in [6.07, 6.45) is 0.0139. The first kappa shape index (κ1) is 29.3. The van der Waals surface area contributed by atoms with Gasteiger partial charge in [-0.2, -0.15) is 25.3 Å². The van der Waals surface area contributed by atoms with Crippen LogP contribution in [0.25, 0.3) is 0 Å². The Morgan fingerprint density at radius 1 is 0.844 bits per heavy atom. The molecule has 0 saturated heterocycles. The number of carboxylic acid groups (broad SMARTS) is 1. The molecule has 12 N–H and O–H groups in total. The molecule has 0 fully saturated rings. The van der Waals surface area contributed by atoms with Gasteiger partial charge in [0.1, 0.15) is 18.1 Å². The van der Waals surface area contributed by atoms with Crippen molar-refractivity contribution in [2.24, 2.45) is 27.9 Å². The van der Waals surface area contributed by atoms with Crippen LogP contribution in [0.1, 0.15) is 19.3 Å². The first-order valence-electron chi connectivity index (χ1n) is 9.37. The highest BCUT2D eigenvalue weighted by atomic mass is 32.1. The molecular weight excluding hydrogens is 464 g/mol. The Morgan fingerprint density at radius 3 is 1.81 bits per heavy atom. The molecule has 32 heavy (non-hydrogen) atoms. The van der Waals surface area contributed by atoms with Crippen molar-refractivity contribution in [3.63, 3.8) is 0 Å². The van der Waals surface area contributed by atoms with Crippen molar-refractivity contribution in [3.05, 3.63) is 0 Å². The molecule has 0 aromatic heterocycles. The lowest BCUT2D eigenvalue weighted by Crippen LogP contribution is -2.58. The van der Waals surface area contributed by atoms with Gasteiger partial charge in [-0.15, -0.1) is 0 Å². The fraction of sp³-hybridized carbons (Fsp3) is 0.625. The summed E-state index contributed by atoms with van der Waals surface area (Å²) in [5, 5.41) is 15.8. The molecule has 0 rings (SSSR count). The van der Waals surface area contributed by atoms with Crippen molar-refractivity contribution in [3.8, 4) is 0 Å². The highest BCUT2D eigenvalue weighted by Crippen LogP contribution is 2.01. The second-order valence-electron chi connectivity index (χ2n) is 6.61. The van der Waals surface area contributed by atoms with Gasteiger partial charge in [0.15, 0.2) is 5.96 Å². The number of hydrogen-bond acceptors (Lipinski definition) is 9. The summed E-state index contributed by atoms with van der Waals surface area (Å²) >= 11 is 7.80. The van der Waals surface area contributed by atoms with E-state index in [0.717, 1.165) is 0 Å². The monoisotopic (exact) mass is 494 g/mol. The van der Waals surface area contributed by atoms with Crippen molar-refractivity contribution in [1.29, 1.82) is 0 Å². The van der Waals surface area contributed by atoms with Gasteiger partial charge in [0.2, 0.25) is 23.6 Å². The Morgan fingerprint density at radius 2 is 1.34 bits per heavy atom.